The molecule has 1 atom stereocenters. The Balaban J connectivity index is 2.87. The summed E-state index contributed by atoms with van der Waals surface area (Å²) < 4.78 is 12.4. The van der Waals surface area contributed by atoms with Gasteiger partial charge in [0.15, 0.2) is 0 Å². The zero-order chi connectivity index (χ0) is 14.7. The summed E-state index contributed by atoms with van der Waals surface area (Å²) in [6.07, 6.45) is 4.55. The van der Waals surface area contributed by atoms with E-state index in [0.29, 0.717) is 17.1 Å². The number of carboxylic acid groups (broad SMARTS) is 1. The van der Waals surface area contributed by atoms with Crippen LogP contribution in [0, 0.1) is 0 Å². The molecule has 2 rings (SSSR count). The molecule has 1 unspecified atom stereocenters. The van der Waals surface area contributed by atoms with Crippen molar-refractivity contribution in [1.29, 1.82) is 0 Å². The highest BCUT2D eigenvalue weighted by molar-refractivity contribution is 5.87. The van der Waals surface area contributed by atoms with Gasteiger partial charge in [-0.05, 0) is 26.0 Å². The Morgan fingerprint density at radius 3 is 2.95 bits per heavy atom. The minimum atomic E-state index is -1.22. The number of hydrogen-bond donors (Lipinski definition) is 1. The molecule has 1 aromatic rings. The summed E-state index contributed by atoms with van der Waals surface area (Å²) in [4.78, 5) is 23.4. The van der Waals surface area contributed by atoms with Gasteiger partial charge in [0.2, 0.25) is 5.43 Å². The summed E-state index contributed by atoms with van der Waals surface area (Å²) in [5.41, 5.74) is -0.728. The third-order valence-electron chi connectivity index (χ3n) is 3.14. The first-order valence-corrected chi connectivity index (χ1v) is 6.42. The Morgan fingerprint density at radius 1 is 1.55 bits per heavy atom. The number of hydrogen-bond acceptors (Lipinski definition) is 4. The third kappa shape index (κ3) is 2.81. The molecule has 0 aromatic carbocycles. The highest BCUT2D eigenvalue weighted by Gasteiger charge is 2.13. The van der Waals surface area contributed by atoms with Crippen LogP contribution >= 0.6 is 0 Å². The summed E-state index contributed by atoms with van der Waals surface area (Å²) in [6.45, 7) is 4.62. The second kappa shape index (κ2) is 6.02. The number of carboxylic acids is 1. The van der Waals surface area contributed by atoms with Crippen LogP contribution in [0.5, 0.6) is 0 Å². The van der Waals surface area contributed by atoms with E-state index in [4.69, 9.17) is 14.6 Å². The lowest BCUT2D eigenvalue weighted by Crippen LogP contribution is -2.48. The maximum absolute atomic E-state index is 12.3. The molecule has 108 valence electrons. The summed E-state index contributed by atoms with van der Waals surface area (Å²) in [5, 5.41) is 10.1. The average molecular weight is 279 g/mol. The number of nitrogens with zero attached hydrogens (tertiary/aromatic N) is 1. The van der Waals surface area contributed by atoms with Crippen LogP contribution in [0.25, 0.3) is 12.2 Å². The van der Waals surface area contributed by atoms with Gasteiger partial charge < -0.3 is 19.1 Å². The van der Waals surface area contributed by atoms with Gasteiger partial charge in [-0.2, -0.15) is 0 Å². The smallest absolute Gasteiger partial charge is 0.341 e. The van der Waals surface area contributed by atoms with E-state index < -0.39 is 11.4 Å². The molecule has 0 bridgehead atoms. The normalized spacial score (nSPS) is 22.2. The van der Waals surface area contributed by atoms with Crippen LogP contribution in [-0.4, -0.2) is 35.1 Å². The van der Waals surface area contributed by atoms with Gasteiger partial charge in [-0.25, -0.2) is 4.79 Å². The Bertz CT molecular complexity index is 689. The van der Waals surface area contributed by atoms with Crippen LogP contribution in [0.4, 0.5) is 0 Å². The summed E-state index contributed by atoms with van der Waals surface area (Å²) in [5.74, 6) is -1.22. The molecule has 0 amide bonds. The van der Waals surface area contributed by atoms with Crippen LogP contribution in [0.1, 0.15) is 24.2 Å². The molecule has 0 fully saturated rings. The molecule has 6 heteroatoms. The van der Waals surface area contributed by atoms with Crippen molar-refractivity contribution in [3.05, 3.63) is 32.6 Å². The quantitative estimate of drug-likeness (QED) is 0.791. The summed E-state index contributed by atoms with van der Waals surface area (Å²) in [7, 11) is 0. The first-order valence-electron chi connectivity index (χ1n) is 6.42. The largest absolute Gasteiger partial charge is 0.477 e. The van der Waals surface area contributed by atoms with Crippen LogP contribution in [-0.2, 0) is 16.0 Å². The third-order valence-corrected chi connectivity index (χ3v) is 3.14. The second-order valence-corrected chi connectivity index (χ2v) is 4.49. The van der Waals surface area contributed by atoms with E-state index in [1.165, 1.54) is 6.20 Å². The number of ether oxygens (including phenoxy) is 2. The molecular weight excluding hydrogens is 262 g/mol. The first kappa shape index (κ1) is 14.5. The fourth-order valence-electron chi connectivity index (χ4n) is 2.11. The van der Waals surface area contributed by atoms with Crippen molar-refractivity contribution < 1.29 is 19.4 Å². The van der Waals surface area contributed by atoms with Gasteiger partial charge in [-0.3, -0.25) is 4.79 Å². The predicted octanol–water partition coefficient (Wildman–Crippen LogP) is -0.480. The standard InChI is InChI=1S/C14H17NO5/c1-3-15-7-11(14(17)18)13(16)10-4-5-19-8-20-9(2)6-12(10)15/h4,6-7,9H,3,5,8H2,1-2H3,(H,17,18)/b10-4+,12-6+. The van der Waals surface area contributed by atoms with E-state index in [2.05, 4.69) is 0 Å². The number of aryl methyl sites for hydroxylation is 1. The monoisotopic (exact) mass is 279 g/mol. The number of aromatic nitrogens is 1. The molecule has 1 N–H and O–H groups in total. The van der Waals surface area contributed by atoms with Crippen LogP contribution in [0.2, 0.25) is 0 Å². The lowest BCUT2D eigenvalue weighted by Gasteiger charge is -2.10. The SMILES string of the molecule is CCn1cc(C(=O)O)c(=O)c2/c1=C\C(C)OCOC\C=2. The Morgan fingerprint density at radius 2 is 2.30 bits per heavy atom. The van der Waals surface area contributed by atoms with Gasteiger partial charge in [-0.1, -0.05) is 0 Å². The summed E-state index contributed by atoms with van der Waals surface area (Å²) >= 11 is 0. The number of aromatic carboxylic acids is 1. The highest BCUT2D eigenvalue weighted by atomic mass is 16.7. The molecule has 0 aliphatic carbocycles. The van der Waals surface area contributed by atoms with Crippen molar-refractivity contribution in [2.45, 2.75) is 26.5 Å². The minimum absolute atomic E-state index is 0.133. The van der Waals surface area contributed by atoms with Crippen molar-refractivity contribution in [2.24, 2.45) is 0 Å². The lowest BCUT2D eigenvalue weighted by atomic mass is 10.2. The number of rotatable bonds is 2. The molecule has 2 heterocycles. The van der Waals surface area contributed by atoms with Crippen molar-refractivity contribution in [3.8, 4) is 0 Å². The predicted molar refractivity (Wildman–Crippen MR) is 72.9 cm³/mol. The number of fused-ring (bicyclic) bond motifs is 1. The molecule has 6 nitrogen and oxygen atoms in total. The zero-order valence-electron chi connectivity index (χ0n) is 11.5. The van der Waals surface area contributed by atoms with E-state index >= 15 is 0 Å². The van der Waals surface area contributed by atoms with Crippen molar-refractivity contribution in [2.75, 3.05) is 13.4 Å². The van der Waals surface area contributed by atoms with E-state index in [9.17, 15) is 9.59 Å². The van der Waals surface area contributed by atoms with Gasteiger partial charge in [0.1, 0.15) is 12.4 Å². The maximum atomic E-state index is 12.3. The van der Waals surface area contributed by atoms with E-state index in [-0.39, 0.29) is 25.1 Å². The molecule has 1 aliphatic heterocycles. The molecule has 0 saturated heterocycles. The molecule has 0 spiro atoms. The van der Waals surface area contributed by atoms with Gasteiger partial charge >= 0.3 is 5.97 Å². The maximum Gasteiger partial charge on any atom is 0.341 e. The Labute approximate surface area is 115 Å². The molecule has 20 heavy (non-hydrogen) atoms. The first-order chi connectivity index (χ1) is 9.54. The van der Waals surface area contributed by atoms with Crippen LogP contribution in [0.3, 0.4) is 0 Å². The molecule has 0 saturated carbocycles. The number of pyridine rings is 1. The van der Waals surface area contributed by atoms with Crippen LogP contribution < -0.4 is 16.0 Å². The van der Waals surface area contributed by atoms with Gasteiger partial charge in [0, 0.05) is 18.0 Å². The molecule has 1 aromatic heterocycles. The Hall–Kier alpha value is -1.92. The van der Waals surface area contributed by atoms with Gasteiger partial charge in [0.25, 0.3) is 0 Å². The minimum Gasteiger partial charge on any atom is -0.477 e. The topological polar surface area (TPSA) is 77.8 Å². The summed E-state index contributed by atoms with van der Waals surface area (Å²) in [6, 6.07) is 0. The zero-order valence-corrected chi connectivity index (χ0v) is 11.5. The molecule has 1 aliphatic rings. The Kier molecular flexibility index (Phi) is 4.36. The van der Waals surface area contributed by atoms with E-state index in [0.717, 1.165) is 0 Å². The van der Waals surface area contributed by atoms with E-state index in [1.54, 1.807) is 16.7 Å². The van der Waals surface area contributed by atoms with Gasteiger partial charge in [-0.15, -0.1) is 0 Å². The van der Waals surface area contributed by atoms with E-state index in [1.807, 2.05) is 13.8 Å². The highest BCUT2D eigenvalue weighted by Crippen LogP contribution is 1.95. The lowest BCUT2D eigenvalue weighted by molar-refractivity contribution is -0.0543. The average Bonchev–Trinajstić information content (AvgIpc) is 2.49. The van der Waals surface area contributed by atoms with Crippen LogP contribution in [0.15, 0.2) is 11.0 Å². The van der Waals surface area contributed by atoms with Crippen molar-refractivity contribution in [3.63, 3.8) is 0 Å². The van der Waals surface area contributed by atoms with Gasteiger partial charge in [0.05, 0.1) is 18.1 Å². The second-order valence-electron chi connectivity index (χ2n) is 4.49. The molecule has 0 radical (unpaired) electrons. The number of carbonyl (C=O) groups is 1. The van der Waals surface area contributed by atoms with Crippen molar-refractivity contribution in [1.82, 2.24) is 4.57 Å². The fourth-order valence-corrected chi connectivity index (χ4v) is 2.11. The van der Waals surface area contributed by atoms with Crippen molar-refractivity contribution >= 4 is 18.1 Å². The molecular formula is C14H17NO5. The fraction of sp³-hybridized carbons (Fsp3) is 0.429.